The van der Waals surface area contributed by atoms with Crippen molar-refractivity contribution in [3.05, 3.63) is 53.3 Å². The van der Waals surface area contributed by atoms with E-state index in [2.05, 4.69) is 56.3 Å². The summed E-state index contributed by atoms with van der Waals surface area (Å²) in [5.74, 6) is 0.723. The predicted octanol–water partition coefficient (Wildman–Crippen LogP) is 2.93. The number of benzene rings is 1. The van der Waals surface area contributed by atoms with Crippen LogP contribution in [0.5, 0.6) is 0 Å². The first kappa shape index (κ1) is 17.4. The first-order valence-corrected chi connectivity index (χ1v) is 9.90. The number of rotatable bonds is 5. The Labute approximate surface area is 156 Å². The minimum Gasteiger partial charge on any atom is -0.355 e. The van der Waals surface area contributed by atoms with Gasteiger partial charge in [-0.25, -0.2) is 9.97 Å². The number of anilines is 1. The number of likely N-dealkylation sites (tertiary alicyclic amines) is 1. The number of piperidine rings is 1. The van der Waals surface area contributed by atoms with Crippen molar-refractivity contribution in [2.75, 3.05) is 31.5 Å². The highest BCUT2D eigenvalue weighted by Gasteiger charge is 2.27. The minimum atomic E-state index is 0.723. The summed E-state index contributed by atoms with van der Waals surface area (Å²) in [5.41, 5.74) is 4.28. The van der Waals surface area contributed by atoms with Gasteiger partial charge in [0.2, 0.25) is 5.95 Å². The van der Waals surface area contributed by atoms with Crippen LogP contribution in [-0.2, 0) is 19.5 Å². The van der Waals surface area contributed by atoms with Gasteiger partial charge in [0.15, 0.2) is 0 Å². The van der Waals surface area contributed by atoms with Gasteiger partial charge in [-0.05, 0) is 50.4 Å². The Bertz CT molecular complexity index is 707. The molecular formula is C21H29N5. The predicted molar refractivity (Wildman–Crippen MR) is 105 cm³/mol. The number of hydrogen-bond donors (Lipinski definition) is 1. The second kappa shape index (κ2) is 8.14. The summed E-state index contributed by atoms with van der Waals surface area (Å²) in [6, 6.07) is 9.66. The molecule has 0 bridgehead atoms. The SMILES string of the molecule is CCNc1ncc(CN2CCC(N3CCc4ccccc4C3)CC2)cn1. The fraction of sp³-hybridized carbons (Fsp3) is 0.524. The summed E-state index contributed by atoms with van der Waals surface area (Å²) in [5, 5.41) is 3.15. The fourth-order valence-corrected chi connectivity index (χ4v) is 4.22. The zero-order chi connectivity index (χ0) is 17.8. The van der Waals surface area contributed by atoms with Crippen molar-refractivity contribution < 1.29 is 0 Å². The number of aromatic nitrogens is 2. The molecule has 138 valence electrons. The topological polar surface area (TPSA) is 44.3 Å². The van der Waals surface area contributed by atoms with E-state index in [1.165, 1.54) is 36.9 Å². The van der Waals surface area contributed by atoms with Crippen LogP contribution in [0, 0.1) is 0 Å². The van der Waals surface area contributed by atoms with Gasteiger partial charge >= 0.3 is 0 Å². The molecule has 2 aliphatic rings. The van der Waals surface area contributed by atoms with Crippen LogP contribution in [-0.4, -0.2) is 52.0 Å². The van der Waals surface area contributed by atoms with Gasteiger partial charge in [-0.1, -0.05) is 24.3 Å². The van der Waals surface area contributed by atoms with Gasteiger partial charge in [-0.15, -0.1) is 0 Å². The van der Waals surface area contributed by atoms with Crippen LogP contribution >= 0.6 is 0 Å². The lowest BCUT2D eigenvalue weighted by atomic mass is 9.95. The summed E-state index contributed by atoms with van der Waals surface area (Å²) >= 11 is 0. The molecule has 4 rings (SSSR count). The van der Waals surface area contributed by atoms with Gasteiger partial charge in [0.05, 0.1) is 0 Å². The van der Waals surface area contributed by atoms with E-state index in [-0.39, 0.29) is 0 Å². The van der Waals surface area contributed by atoms with E-state index in [1.807, 2.05) is 12.4 Å². The Morgan fingerprint density at radius 2 is 1.77 bits per heavy atom. The maximum absolute atomic E-state index is 4.39. The molecular weight excluding hydrogens is 322 g/mol. The number of nitrogens with one attached hydrogen (secondary N) is 1. The molecule has 0 saturated carbocycles. The average Bonchev–Trinajstić information content (AvgIpc) is 2.70. The third kappa shape index (κ3) is 4.05. The second-order valence-corrected chi connectivity index (χ2v) is 7.44. The number of hydrogen-bond acceptors (Lipinski definition) is 5. The lowest BCUT2D eigenvalue weighted by Gasteiger charge is -2.40. The van der Waals surface area contributed by atoms with Gasteiger partial charge in [-0.2, -0.15) is 0 Å². The molecule has 1 aromatic heterocycles. The van der Waals surface area contributed by atoms with E-state index in [4.69, 9.17) is 0 Å². The van der Waals surface area contributed by atoms with Crippen molar-refractivity contribution in [1.82, 2.24) is 19.8 Å². The molecule has 5 nitrogen and oxygen atoms in total. The summed E-state index contributed by atoms with van der Waals surface area (Å²) < 4.78 is 0. The summed E-state index contributed by atoms with van der Waals surface area (Å²) in [7, 11) is 0. The molecule has 2 aromatic rings. The highest BCUT2D eigenvalue weighted by molar-refractivity contribution is 5.29. The van der Waals surface area contributed by atoms with Crippen LogP contribution in [0.25, 0.3) is 0 Å². The van der Waals surface area contributed by atoms with E-state index in [1.54, 1.807) is 5.56 Å². The number of fused-ring (bicyclic) bond motifs is 1. The van der Waals surface area contributed by atoms with Crippen molar-refractivity contribution >= 4 is 5.95 Å². The van der Waals surface area contributed by atoms with Crippen molar-refractivity contribution in [1.29, 1.82) is 0 Å². The van der Waals surface area contributed by atoms with E-state index in [0.29, 0.717) is 0 Å². The molecule has 0 spiro atoms. The molecule has 1 fully saturated rings. The Hall–Kier alpha value is -1.98. The van der Waals surface area contributed by atoms with Crippen molar-refractivity contribution in [3.8, 4) is 0 Å². The average molecular weight is 351 g/mol. The smallest absolute Gasteiger partial charge is 0.222 e. The van der Waals surface area contributed by atoms with E-state index < -0.39 is 0 Å². The third-order valence-electron chi connectivity index (χ3n) is 5.68. The second-order valence-electron chi connectivity index (χ2n) is 7.44. The Kier molecular flexibility index (Phi) is 5.46. The normalized spacial score (nSPS) is 19.3. The summed E-state index contributed by atoms with van der Waals surface area (Å²) in [4.78, 5) is 14.0. The monoisotopic (exact) mass is 351 g/mol. The minimum absolute atomic E-state index is 0.723. The molecule has 1 aromatic carbocycles. The lowest BCUT2D eigenvalue weighted by molar-refractivity contribution is 0.0948. The van der Waals surface area contributed by atoms with Crippen molar-refractivity contribution in [2.45, 2.75) is 45.3 Å². The lowest BCUT2D eigenvalue weighted by Crippen LogP contribution is -2.46. The molecule has 1 N–H and O–H groups in total. The molecule has 3 heterocycles. The van der Waals surface area contributed by atoms with Gasteiger partial charge in [-0.3, -0.25) is 9.80 Å². The molecule has 2 aliphatic heterocycles. The van der Waals surface area contributed by atoms with Crippen LogP contribution < -0.4 is 5.32 Å². The largest absolute Gasteiger partial charge is 0.355 e. The molecule has 0 atom stereocenters. The highest BCUT2D eigenvalue weighted by atomic mass is 15.2. The molecule has 0 radical (unpaired) electrons. The Morgan fingerprint density at radius 3 is 2.50 bits per heavy atom. The molecule has 26 heavy (non-hydrogen) atoms. The van der Waals surface area contributed by atoms with Gasteiger partial charge in [0.25, 0.3) is 0 Å². The molecule has 0 unspecified atom stereocenters. The maximum Gasteiger partial charge on any atom is 0.222 e. The van der Waals surface area contributed by atoms with Gasteiger partial charge in [0.1, 0.15) is 0 Å². The van der Waals surface area contributed by atoms with Crippen LogP contribution in [0.4, 0.5) is 5.95 Å². The standard InChI is InChI=1S/C21H29N5/c1-2-22-21-23-13-17(14-24-21)15-25-10-8-20(9-11-25)26-12-7-18-5-3-4-6-19(18)16-26/h3-6,13-14,20H,2,7-12,15-16H2,1H3,(H,22,23,24). The fourth-order valence-electron chi connectivity index (χ4n) is 4.22. The first-order valence-electron chi connectivity index (χ1n) is 9.90. The van der Waals surface area contributed by atoms with Crippen molar-refractivity contribution in [3.63, 3.8) is 0 Å². The third-order valence-corrected chi connectivity index (χ3v) is 5.68. The van der Waals surface area contributed by atoms with Crippen molar-refractivity contribution in [2.24, 2.45) is 0 Å². The van der Waals surface area contributed by atoms with Crippen LogP contribution in [0.15, 0.2) is 36.7 Å². The van der Waals surface area contributed by atoms with Gasteiger partial charge in [0, 0.05) is 50.2 Å². The van der Waals surface area contributed by atoms with E-state index >= 15 is 0 Å². The van der Waals surface area contributed by atoms with E-state index in [0.717, 1.165) is 44.7 Å². The maximum atomic E-state index is 4.39. The zero-order valence-electron chi connectivity index (χ0n) is 15.7. The summed E-state index contributed by atoms with van der Waals surface area (Å²) in [6.45, 7) is 8.54. The van der Waals surface area contributed by atoms with E-state index in [9.17, 15) is 0 Å². The Morgan fingerprint density at radius 1 is 1.04 bits per heavy atom. The molecule has 0 amide bonds. The zero-order valence-corrected chi connectivity index (χ0v) is 15.7. The van der Waals surface area contributed by atoms with Crippen LogP contribution in [0.3, 0.4) is 0 Å². The van der Waals surface area contributed by atoms with Crippen LogP contribution in [0.1, 0.15) is 36.5 Å². The van der Waals surface area contributed by atoms with Crippen LogP contribution in [0.2, 0.25) is 0 Å². The molecule has 0 aliphatic carbocycles. The quantitative estimate of drug-likeness (QED) is 0.897. The highest BCUT2D eigenvalue weighted by Crippen LogP contribution is 2.25. The molecule has 5 heteroatoms. The number of nitrogens with zero attached hydrogens (tertiary/aromatic N) is 4. The first-order chi connectivity index (χ1) is 12.8. The molecule has 1 saturated heterocycles. The van der Waals surface area contributed by atoms with Gasteiger partial charge < -0.3 is 5.32 Å². The summed E-state index contributed by atoms with van der Waals surface area (Å²) in [6.07, 6.45) is 7.64. The Balaban J connectivity index is 1.28.